The van der Waals surface area contributed by atoms with Gasteiger partial charge in [-0.15, -0.1) is 11.6 Å². The van der Waals surface area contributed by atoms with Crippen LogP contribution in [-0.2, 0) is 6.42 Å². The summed E-state index contributed by atoms with van der Waals surface area (Å²) in [6.07, 6.45) is 6.26. The molecule has 2 rings (SSSR count). The SMILES string of the molecule is CC(C)Cc1cccc(C2CCCCC2Cl)c1. The number of rotatable bonds is 3. The van der Waals surface area contributed by atoms with Crippen molar-refractivity contribution in [3.63, 3.8) is 0 Å². The van der Waals surface area contributed by atoms with Crippen molar-refractivity contribution in [3.05, 3.63) is 35.4 Å². The molecule has 0 saturated heterocycles. The van der Waals surface area contributed by atoms with Gasteiger partial charge in [-0.05, 0) is 36.3 Å². The van der Waals surface area contributed by atoms with E-state index in [4.69, 9.17) is 11.6 Å². The average Bonchev–Trinajstić information content (AvgIpc) is 2.29. The molecule has 0 radical (unpaired) electrons. The Morgan fingerprint density at radius 2 is 2.00 bits per heavy atom. The van der Waals surface area contributed by atoms with Gasteiger partial charge in [-0.2, -0.15) is 0 Å². The first-order valence-corrected chi connectivity index (χ1v) is 7.33. The molecule has 1 saturated carbocycles. The summed E-state index contributed by atoms with van der Waals surface area (Å²) in [5, 5.41) is 0.345. The van der Waals surface area contributed by atoms with E-state index in [2.05, 4.69) is 38.1 Å². The molecule has 1 fully saturated rings. The van der Waals surface area contributed by atoms with E-state index < -0.39 is 0 Å². The third-order valence-electron chi connectivity index (χ3n) is 3.70. The van der Waals surface area contributed by atoms with Crippen LogP contribution >= 0.6 is 11.6 Å². The minimum absolute atomic E-state index is 0.345. The third-order valence-corrected chi connectivity index (χ3v) is 4.23. The number of hydrogen-bond acceptors (Lipinski definition) is 0. The van der Waals surface area contributed by atoms with E-state index in [0.29, 0.717) is 11.3 Å². The highest BCUT2D eigenvalue weighted by Crippen LogP contribution is 2.36. The van der Waals surface area contributed by atoms with E-state index in [-0.39, 0.29) is 0 Å². The molecule has 1 aromatic carbocycles. The first kappa shape index (κ1) is 13.0. The second-order valence-corrected chi connectivity index (χ2v) is 6.31. The van der Waals surface area contributed by atoms with Gasteiger partial charge < -0.3 is 0 Å². The molecule has 1 heteroatoms. The number of halogens is 1. The molecule has 0 spiro atoms. The van der Waals surface area contributed by atoms with E-state index in [0.717, 1.165) is 5.92 Å². The summed E-state index contributed by atoms with van der Waals surface area (Å²) in [7, 11) is 0. The van der Waals surface area contributed by atoms with E-state index >= 15 is 0 Å². The first-order valence-electron chi connectivity index (χ1n) is 6.89. The Bertz CT molecular complexity index is 356. The molecule has 0 amide bonds. The normalized spacial score (nSPS) is 25.2. The summed E-state index contributed by atoms with van der Waals surface area (Å²) in [4.78, 5) is 0. The molecule has 0 aliphatic heterocycles. The predicted molar refractivity (Wildman–Crippen MR) is 75.8 cm³/mol. The predicted octanol–water partition coefficient (Wildman–Crippen LogP) is 5.15. The van der Waals surface area contributed by atoms with Crippen molar-refractivity contribution >= 4 is 11.6 Å². The topological polar surface area (TPSA) is 0 Å². The van der Waals surface area contributed by atoms with Gasteiger partial charge in [0.1, 0.15) is 0 Å². The van der Waals surface area contributed by atoms with E-state index in [1.165, 1.54) is 43.2 Å². The summed E-state index contributed by atoms with van der Waals surface area (Å²) in [5.41, 5.74) is 2.93. The van der Waals surface area contributed by atoms with E-state index in [1.807, 2.05) is 0 Å². The van der Waals surface area contributed by atoms with Crippen molar-refractivity contribution in [3.8, 4) is 0 Å². The lowest BCUT2D eigenvalue weighted by Gasteiger charge is -2.27. The molecular weight excluding hydrogens is 228 g/mol. The maximum Gasteiger partial charge on any atom is 0.0404 e. The van der Waals surface area contributed by atoms with Gasteiger partial charge in [0.15, 0.2) is 0 Å². The molecular formula is C16H23Cl. The highest BCUT2D eigenvalue weighted by molar-refractivity contribution is 6.21. The van der Waals surface area contributed by atoms with Crippen LogP contribution in [0.25, 0.3) is 0 Å². The lowest BCUT2D eigenvalue weighted by molar-refractivity contribution is 0.450. The van der Waals surface area contributed by atoms with E-state index in [9.17, 15) is 0 Å². The van der Waals surface area contributed by atoms with Gasteiger partial charge in [0, 0.05) is 11.3 Å². The number of benzene rings is 1. The van der Waals surface area contributed by atoms with Gasteiger partial charge >= 0.3 is 0 Å². The number of alkyl halides is 1. The lowest BCUT2D eigenvalue weighted by Crippen LogP contribution is -2.17. The first-order chi connectivity index (χ1) is 8.16. The Kier molecular flexibility index (Phi) is 4.50. The fourth-order valence-electron chi connectivity index (χ4n) is 2.88. The van der Waals surface area contributed by atoms with Crippen LogP contribution in [0.4, 0.5) is 0 Å². The van der Waals surface area contributed by atoms with Crippen LogP contribution in [0.15, 0.2) is 24.3 Å². The van der Waals surface area contributed by atoms with Crippen LogP contribution in [0.1, 0.15) is 56.6 Å². The second-order valence-electron chi connectivity index (χ2n) is 5.75. The Hall–Kier alpha value is -0.490. The average molecular weight is 251 g/mol. The van der Waals surface area contributed by atoms with Crippen molar-refractivity contribution in [2.45, 2.75) is 57.2 Å². The molecule has 1 aliphatic carbocycles. The van der Waals surface area contributed by atoms with Gasteiger partial charge in [0.25, 0.3) is 0 Å². The summed E-state index contributed by atoms with van der Waals surface area (Å²) in [5.74, 6) is 1.31. The fraction of sp³-hybridized carbons (Fsp3) is 0.625. The molecule has 0 aromatic heterocycles. The quantitative estimate of drug-likeness (QED) is 0.651. The minimum Gasteiger partial charge on any atom is -0.122 e. The zero-order chi connectivity index (χ0) is 12.3. The molecule has 94 valence electrons. The van der Waals surface area contributed by atoms with Crippen LogP contribution in [-0.4, -0.2) is 5.38 Å². The molecule has 0 N–H and O–H groups in total. The van der Waals surface area contributed by atoms with Gasteiger partial charge in [-0.3, -0.25) is 0 Å². The highest BCUT2D eigenvalue weighted by atomic mass is 35.5. The maximum atomic E-state index is 6.48. The minimum atomic E-state index is 0.345. The van der Waals surface area contributed by atoms with Crippen LogP contribution in [0, 0.1) is 5.92 Å². The molecule has 2 unspecified atom stereocenters. The van der Waals surface area contributed by atoms with Crippen molar-refractivity contribution in [2.24, 2.45) is 5.92 Å². The van der Waals surface area contributed by atoms with Crippen molar-refractivity contribution in [1.82, 2.24) is 0 Å². The van der Waals surface area contributed by atoms with Crippen LogP contribution < -0.4 is 0 Å². The Morgan fingerprint density at radius 3 is 2.71 bits per heavy atom. The smallest absolute Gasteiger partial charge is 0.0404 e. The Morgan fingerprint density at radius 1 is 1.24 bits per heavy atom. The summed E-state index contributed by atoms with van der Waals surface area (Å²) in [6, 6.07) is 9.08. The van der Waals surface area contributed by atoms with Gasteiger partial charge in [-0.1, -0.05) is 51.0 Å². The largest absolute Gasteiger partial charge is 0.122 e. The van der Waals surface area contributed by atoms with Crippen LogP contribution in [0.2, 0.25) is 0 Å². The molecule has 0 heterocycles. The summed E-state index contributed by atoms with van der Waals surface area (Å²) in [6.45, 7) is 4.55. The molecule has 2 atom stereocenters. The van der Waals surface area contributed by atoms with Crippen molar-refractivity contribution < 1.29 is 0 Å². The van der Waals surface area contributed by atoms with Crippen LogP contribution in [0.5, 0.6) is 0 Å². The molecule has 17 heavy (non-hydrogen) atoms. The molecule has 0 nitrogen and oxygen atoms in total. The molecule has 1 aliphatic rings. The molecule has 1 aromatic rings. The Labute approximate surface area is 110 Å². The molecule has 0 bridgehead atoms. The van der Waals surface area contributed by atoms with Crippen LogP contribution in [0.3, 0.4) is 0 Å². The fourth-order valence-corrected chi connectivity index (χ4v) is 3.31. The zero-order valence-electron chi connectivity index (χ0n) is 11.0. The summed E-state index contributed by atoms with van der Waals surface area (Å²) >= 11 is 6.48. The van der Waals surface area contributed by atoms with Gasteiger partial charge in [0.05, 0.1) is 0 Å². The van der Waals surface area contributed by atoms with Gasteiger partial charge in [0.2, 0.25) is 0 Å². The zero-order valence-corrected chi connectivity index (χ0v) is 11.7. The van der Waals surface area contributed by atoms with E-state index in [1.54, 1.807) is 0 Å². The third kappa shape index (κ3) is 3.48. The summed E-state index contributed by atoms with van der Waals surface area (Å²) < 4.78 is 0. The monoisotopic (exact) mass is 250 g/mol. The number of hydrogen-bond donors (Lipinski definition) is 0. The highest BCUT2D eigenvalue weighted by Gasteiger charge is 2.24. The Balaban J connectivity index is 2.14. The van der Waals surface area contributed by atoms with Gasteiger partial charge in [-0.25, -0.2) is 0 Å². The van der Waals surface area contributed by atoms with Crippen molar-refractivity contribution in [2.75, 3.05) is 0 Å². The standard InChI is InChI=1S/C16H23Cl/c1-12(2)10-13-6-5-7-14(11-13)15-8-3-4-9-16(15)17/h5-7,11-12,15-16H,3-4,8-10H2,1-2H3. The maximum absolute atomic E-state index is 6.48. The second kappa shape index (κ2) is 5.91. The van der Waals surface area contributed by atoms with Crippen molar-refractivity contribution in [1.29, 1.82) is 0 Å². The lowest BCUT2D eigenvalue weighted by atomic mass is 9.83.